The van der Waals surface area contributed by atoms with Gasteiger partial charge in [0.25, 0.3) is 0 Å². The Hall–Kier alpha value is -3.15. The predicted octanol–water partition coefficient (Wildman–Crippen LogP) is 2.36. The molecule has 1 saturated carbocycles. The maximum Gasteiger partial charge on any atom is 0.239 e. The summed E-state index contributed by atoms with van der Waals surface area (Å²) in [7, 11) is 0. The molecule has 0 heterocycles. The molecule has 4 N–H and O–H groups in total. The molecule has 31 heavy (non-hydrogen) atoms. The molecule has 1 aliphatic rings. The fourth-order valence-electron chi connectivity index (χ4n) is 4.27. The largest absolute Gasteiger partial charge is 0.369 e. The van der Waals surface area contributed by atoms with Crippen molar-refractivity contribution in [2.24, 2.45) is 17.6 Å². The van der Waals surface area contributed by atoms with E-state index < -0.39 is 0 Å². The summed E-state index contributed by atoms with van der Waals surface area (Å²) in [5.74, 6) is -1.44. The van der Waals surface area contributed by atoms with Gasteiger partial charge >= 0.3 is 0 Å². The number of nitrogens with two attached hydrogens (primary N) is 1. The Labute approximate surface area is 183 Å². The molecular weight excluding hydrogens is 390 g/mol. The standard InChI is InChI=1S/C25H31N3O3/c26-24(30)21-13-7-8-14-22(21)28-23(29)17-27-25(31)20(15-18-9-3-1-4-10-18)16-19-11-5-2-6-12-19/h1-6,9-12,20-22H,7-8,13-17H2,(H2,26,30)(H,27,31)(H,28,29)/t21-,22-/m0/s1. The van der Waals surface area contributed by atoms with Crippen LogP contribution in [-0.2, 0) is 27.2 Å². The summed E-state index contributed by atoms with van der Waals surface area (Å²) in [5, 5.41) is 5.68. The molecular formula is C25H31N3O3. The zero-order valence-electron chi connectivity index (χ0n) is 17.8. The van der Waals surface area contributed by atoms with Crippen LogP contribution in [0.1, 0.15) is 36.8 Å². The first-order chi connectivity index (χ1) is 15.0. The number of carbonyl (C=O) groups excluding carboxylic acids is 3. The van der Waals surface area contributed by atoms with E-state index in [4.69, 9.17) is 5.73 Å². The number of amides is 3. The van der Waals surface area contributed by atoms with Crippen molar-refractivity contribution in [1.29, 1.82) is 0 Å². The quantitative estimate of drug-likeness (QED) is 0.579. The molecule has 2 atom stereocenters. The molecule has 0 spiro atoms. The molecule has 6 nitrogen and oxygen atoms in total. The van der Waals surface area contributed by atoms with E-state index in [9.17, 15) is 14.4 Å². The molecule has 0 radical (unpaired) electrons. The molecule has 0 aromatic heterocycles. The first kappa shape index (κ1) is 22.5. The lowest BCUT2D eigenvalue weighted by Crippen LogP contribution is -2.50. The van der Waals surface area contributed by atoms with Gasteiger partial charge in [0.05, 0.1) is 12.5 Å². The minimum atomic E-state index is -0.375. The van der Waals surface area contributed by atoms with E-state index in [1.165, 1.54) is 0 Å². The van der Waals surface area contributed by atoms with Gasteiger partial charge in [-0.2, -0.15) is 0 Å². The number of hydrogen-bond acceptors (Lipinski definition) is 3. The summed E-state index contributed by atoms with van der Waals surface area (Å²) in [6.07, 6.45) is 4.51. The summed E-state index contributed by atoms with van der Waals surface area (Å²) in [6, 6.07) is 19.5. The van der Waals surface area contributed by atoms with Gasteiger partial charge in [0.2, 0.25) is 17.7 Å². The van der Waals surface area contributed by atoms with Gasteiger partial charge in [-0.05, 0) is 36.8 Å². The number of benzene rings is 2. The molecule has 0 unspecified atom stereocenters. The Morgan fingerprint density at radius 3 is 1.97 bits per heavy atom. The molecule has 1 aliphatic carbocycles. The number of primary amides is 1. The van der Waals surface area contributed by atoms with Gasteiger partial charge in [0.15, 0.2) is 0 Å². The van der Waals surface area contributed by atoms with E-state index in [0.717, 1.165) is 30.4 Å². The van der Waals surface area contributed by atoms with Gasteiger partial charge in [-0.3, -0.25) is 14.4 Å². The number of nitrogens with one attached hydrogen (secondary N) is 2. The van der Waals surface area contributed by atoms with Crippen LogP contribution in [0, 0.1) is 11.8 Å². The number of carbonyl (C=O) groups is 3. The lowest BCUT2D eigenvalue weighted by Gasteiger charge is -2.30. The molecule has 164 valence electrons. The van der Waals surface area contributed by atoms with Gasteiger partial charge in [-0.15, -0.1) is 0 Å². The first-order valence-corrected chi connectivity index (χ1v) is 11.0. The predicted molar refractivity (Wildman–Crippen MR) is 120 cm³/mol. The summed E-state index contributed by atoms with van der Waals surface area (Å²) in [5.41, 5.74) is 7.64. The van der Waals surface area contributed by atoms with Crippen molar-refractivity contribution in [1.82, 2.24) is 10.6 Å². The Balaban J connectivity index is 1.58. The highest BCUT2D eigenvalue weighted by Gasteiger charge is 2.30. The van der Waals surface area contributed by atoms with Crippen LogP contribution in [0.25, 0.3) is 0 Å². The third-order valence-corrected chi connectivity index (χ3v) is 5.92. The van der Waals surface area contributed by atoms with Gasteiger partial charge in [-0.1, -0.05) is 73.5 Å². The number of hydrogen-bond donors (Lipinski definition) is 3. The lowest BCUT2D eigenvalue weighted by molar-refractivity contribution is -0.130. The number of rotatable bonds is 9. The minimum absolute atomic E-state index is 0.110. The lowest BCUT2D eigenvalue weighted by atomic mass is 9.84. The van der Waals surface area contributed by atoms with Gasteiger partial charge in [-0.25, -0.2) is 0 Å². The monoisotopic (exact) mass is 421 g/mol. The smallest absolute Gasteiger partial charge is 0.239 e. The van der Waals surface area contributed by atoms with Gasteiger partial charge < -0.3 is 16.4 Å². The van der Waals surface area contributed by atoms with Crippen LogP contribution in [-0.4, -0.2) is 30.3 Å². The average molecular weight is 422 g/mol. The zero-order valence-corrected chi connectivity index (χ0v) is 17.8. The van der Waals surface area contributed by atoms with Gasteiger partial charge in [0, 0.05) is 12.0 Å². The van der Waals surface area contributed by atoms with Crippen LogP contribution in [0.3, 0.4) is 0 Å². The Kier molecular flexibility index (Phi) is 8.21. The third-order valence-electron chi connectivity index (χ3n) is 5.92. The van der Waals surface area contributed by atoms with Crippen molar-refractivity contribution in [2.45, 2.75) is 44.6 Å². The highest BCUT2D eigenvalue weighted by atomic mass is 16.2. The van der Waals surface area contributed by atoms with E-state index in [-0.39, 0.29) is 42.1 Å². The summed E-state index contributed by atoms with van der Waals surface area (Å²) in [6.45, 7) is -0.110. The Morgan fingerprint density at radius 1 is 0.871 bits per heavy atom. The van der Waals surface area contributed by atoms with Crippen molar-refractivity contribution in [3.63, 3.8) is 0 Å². The van der Waals surface area contributed by atoms with Crippen molar-refractivity contribution in [3.8, 4) is 0 Å². The molecule has 3 rings (SSSR count). The molecule has 1 fully saturated rings. The molecule has 0 aliphatic heterocycles. The summed E-state index contributed by atoms with van der Waals surface area (Å²) in [4.78, 5) is 37.1. The van der Waals surface area contributed by atoms with Crippen LogP contribution in [0.15, 0.2) is 60.7 Å². The van der Waals surface area contributed by atoms with Crippen LogP contribution in [0.2, 0.25) is 0 Å². The van der Waals surface area contributed by atoms with E-state index in [0.29, 0.717) is 19.3 Å². The molecule has 0 bridgehead atoms. The SMILES string of the molecule is NC(=O)[C@H]1CCCC[C@@H]1NC(=O)CNC(=O)C(Cc1ccccc1)Cc1ccccc1. The molecule has 3 amide bonds. The normalized spacial score (nSPS) is 18.4. The molecule has 2 aromatic rings. The fourth-order valence-corrected chi connectivity index (χ4v) is 4.27. The first-order valence-electron chi connectivity index (χ1n) is 11.0. The van der Waals surface area contributed by atoms with Crippen LogP contribution < -0.4 is 16.4 Å². The van der Waals surface area contributed by atoms with Crippen LogP contribution >= 0.6 is 0 Å². The maximum absolute atomic E-state index is 13.0. The summed E-state index contributed by atoms with van der Waals surface area (Å²) < 4.78 is 0. The van der Waals surface area contributed by atoms with E-state index in [1.807, 2.05) is 60.7 Å². The topological polar surface area (TPSA) is 101 Å². The Bertz CT molecular complexity index is 829. The molecule has 2 aromatic carbocycles. The van der Waals surface area contributed by atoms with E-state index >= 15 is 0 Å². The second-order valence-electron chi connectivity index (χ2n) is 8.26. The minimum Gasteiger partial charge on any atom is -0.369 e. The van der Waals surface area contributed by atoms with Gasteiger partial charge in [0.1, 0.15) is 0 Å². The fraction of sp³-hybridized carbons (Fsp3) is 0.400. The third kappa shape index (κ3) is 6.95. The average Bonchev–Trinajstić information content (AvgIpc) is 2.78. The van der Waals surface area contributed by atoms with Crippen LogP contribution in [0.5, 0.6) is 0 Å². The van der Waals surface area contributed by atoms with Crippen molar-refractivity contribution < 1.29 is 14.4 Å². The van der Waals surface area contributed by atoms with E-state index in [2.05, 4.69) is 10.6 Å². The second-order valence-corrected chi connectivity index (χ2v) is 8.26. The molecule has 6 heteroatoms. The van der Waals surface area contributed by atoms with Crippen molar-refractivity contribution in [2.75, 3.05) is 6.54 Å². The maximum atomic E-state index is 13.0. The second kappa shape index (κ2) is 11.3. The zero-order chi connectivity index (χ0) is 22.1. The van der Waals surface area contributed by atoms with Crippen LogP contribution in [0.4, 0.5) is 0 Å². The van der Waals surface area contributed by atoms with Crippen molar-refractivity contribution >= 4 is 17.7 Å². The van der Waals surface area contributed by atoms with E-state index in [1.54, 1.807) is 0 Å². The van der Waals surface area contributed by atoms with Crippen molar-refractivity contribution in [3.05, 3.63) is 71.8 Å². The molecule has 0 saturated heterocycles. The summed E-state index contributed by atoms with van der Waals surface area (Å²) >= 11 is 0. The highest BCUT2D eigenvalue weighted by molar-refractivity contribution is 5.87. The highest BCUT2D eigenvalue weighted by Crippen LogP contribution is 2.24. The Morgan fingerprint density at radius 2 is 1.42 bits per heavy atom.